The Kier molecular flexibility index (Phi) is 3.36. The van der Waals surface area contributed by atoms with Gasteiger partial charge in [-0.2, -0.15) is 0 Å². The van der Waals surface area contributed by atoms with E-state index in [4.69, 9.17) is 11.6 Å². The number of carbonyl (C=O) groups excluding carboxylic acids is 1. The average molecular weight is 272 g/mol. The van der Waals surface area contributed by atoms with Crippen molar-refractivity contribution >= 4 is 17.9 Å². The Hall–Kier alpha value is -1.64. The molecule has 1 heterocycles. The number of nitrogens with zero attached hydrogens (tertiary/aromatic N) is 1. The van der Waals surface area contributed by atoms with Gasteiger partial charge in [0.2, 0.25) is 0 Å². The molecule has 3 heteroatoms. The lowest BCUT2D eigenvalue weighted by molar-refractivity contribution is -0.112. The van der Waals surface area contributed by atoms with E-state index in [0.29, 0.717) is 6.54 Å². The predicted molar refractivity (Wildman–Crippen MR) is 75.9 cm³/mol. The second kappa shape index (κ2) is 5.16. The summed E-state index contributed by atoms with van der Waals surface area (Å²) in [6.07, 6.45) is 1.02. The SMILES string of the molecule is O=CC1c2ccccc2CN1Cc1ccccc1Cl. The summed E-state index contributed by atoms with van der Waals surface area (Å²) in [6.45, 7) is 1.49. The Labute approximate surface area is 117 Å². The van der Waals surface area contributed by atoms with Crippen LogP contribution in [0.4, 0.5) is 0 Å². The van der Waals surface area contributed by atoms with Crippen LogP contribution in [-0.4, -0.2) is 11.2 Å². The van der Waals surface area contributed by atoms with Gasteiger partial charge in [-0.1, -0.05) is 54.1 Å². The van der Waals surface area contributed by atoms with Crippen molar-refractivity contribution in [2.75, 3.05) is 0 Å². The van der Waals surface area contributed by atoms with Crippen LogP contribution in [0.15, 0.2) is 48.5 Å². The van der Waals surface area contributed by atoms with Crippen LogP contribution in [0.2, 0.25) is 5.02 Å². The fourth-order valence-electron chi connectivity index (χ4n) is 2.64. The molecule has 2 nitrogen and oxygen atoms in total. The Morgan fingerprint density at radius 2 is 1.89 bits per heavy atom. The first-order valence-corrected chi connectivity index (χ1v) is 6.68. The molecule has 3 rings (SSSR count). The lowest BCUT2D eigenvalue weighted by Crippen LogP contribution is -2.22. The van der Waals surface area contributed by atoms with Gasteiger partial charge in [0.1, 0.15) is 6.29 Å². The standard InChI is InChI=1S/C16H14ClNO/c17-15-8-4-2-6-13(15)10-18-9-12-5-1-3-7-14(12)16(18)11-19/h1-8,11,16H,9-10H2. The molecule has 1 atom stereocenters. The molecule has 2 aromatic rings. The van der Waals surface area contributed by atoms with Crippen LogP contribution >= 0.6 is 11.6 Å². The molecular formula is C16H14ClNO. The summed E-state index contributed by atoms with van der Waals surface area (Å²) in [6, 6.07) is 15.7. The highest BCUT2D eigenvalue weighted by Gasteiger charge is 2.29. The minimum absolute atomic E-state index is 0.160. The quantitative estimate of drug-likeness (QED) is 0.795. The average Bonchev–Trinajstić information content (AvgIpc) is 2.78. The summed E-state index contributed by atoms with van der Waals surface area (Å²) >= 11 is 6.19. The Balaban J connectivity index is 1.88. The molecular weight excluding hydrogens is 258 g/mol. The van der Waals surface area contributed by atoms with Crippen molar-refractivity contribution in [3.63, 3.8) is 0 Å². The second-order valence-electron chi connectivity index (χ2n) is 4.78. The lowest BCUT2D eigenvalue weighted by Gasteiger charge is -2.21. The smallest absolute Gasteiger partial charge is 0.141 e. The lowest BCUT2D eigenvalue weighted by atomic mass is 10.1. The molecule has 96 valence electrons. The second-order valence-corrected chi connectivity index (χ2v) is 5.18. The summed E-state index contributed by atoms with van der Waals surface area (Å²) in [7, 11) is 0. The maximum Gasteiger partial charge on any atom is 0.141 e. The summed E-state index contributed by atoms with van der Waals surface area (Å²) in [5, 5.41) is 0.753. The molecule has 0 saturated heterocycles. The first-order chi connectivity index (χ1) is 9.29. The molecule has 19 heavy (non-hydrogen) atoms. The van der Waals surface area contributed by atoms with Crippen molar-refractivity contribution in [1.82, 2.24) is 4.90 Å². The zero-order chi connectivity index (χ0) is 13.2. The molecule has 1 aliphatic rings. The maximum atomic E-state index is 11.4. The number of fused-ring (bicyclic) bond motifs is 1. The largest absolute Gasteiger partial charge is 0.301 e. The third-order valence-corrected chi connectivity index (χ3v) is 3.97. The number of hydrogen-bond donors (Lipinski definition) is 0. The van der Waals surface area contributed by atoms with Gasteiger partial charge >= 0.3 is 0 Å². The minimum Gasteiger partial charge on any atom is -0.301 e. The third kappa shape index (κ3) is 2.29. The number of rotatable bonds is 3. The van der Waals surface area contributed by atoms with Gasteiger partial charge < -0.3 is 4.79 Å². The number of benzene rings is 2. The zero-order valence-electron chi connectivity index (χ0n) is 10.4. The highest BCUT2D eigenvalue weighted by molar-refractivity contribution is 6.31. The summed E-state index contributed by atoms with van der Waals surface area (Å²) in [5.74, 6) is 0. The molecule has 0 spiro atoms. The fourth-order valence-corrected chi connectivity index (χ4v) is 2.84. The van der Waals surface area contributed by atoms with Crippen LogP contribution in [-0.2, 0) is 17.9 Å². The summed E-state index contributed by atoms with van der Waals surface area (Å²) in [4.78, 5) is 13.5. The van der Waals surface area contributed by atoms with Gasteiger partial charge in [0.05, 0.1) is 6.04 Å². The molecule has 2 aromatic carbocycles. The van der Waals surface area contributed by atoms with Crippen molar-refractivity contribution in [3.05, 3.63) is 70.2 Å². The van der Waals surface area contributed by atoms with Crippen molar-refractivity contribution < 1.29 is 4.79 Å². The van der Waals surface area contributed by atoms with E-state index in [9.17, 15) is 4.79 Å². The molecule has 0 aliphatic carbocycles. The molecule has 0 N–H and O–H groups in total. The topological polar surface area (TPSA) is 20.3 Å². The van der Waals surface area contributed by atoms with Crippen LogP contribution in [0.5, 0.6) is 0 Å². The third-order valence-electron chi connectivity index (χ3n) is 3.60. The van der Waals surface area contributed by atoms with E-state index >= 15 is 0 Å². The Morgan fingerprint density at radius 1 is 1.16 bits per heavy atom. The monoisotopic (exact) mass is 271 g/mol. The molecule has 1 unspecified atom stereocenters. The maximum absolute atomic E-state index is 11.4. The number of halogens is 1. The summed E-state index contributed by atoms with van der Waals surface area (Å²) < 4.78 is 0. The molecule has 0 fully saturated rings. The van der Waals surface area contributed by atoms with Crippen LogP contribution in [0.25, 0.3) is 0 Å². The highest BCUT2D eigenvalue weighted by Crippen LogP contribution is 2.34. The van der Waals surface area contributed by atoms with Crippen LogP contribution in [0.3, 0.4) is 0 Å². The van der Waals surface area contributed by atoms with Gasteiger partial charge in [-0.3, -0.25) is 4.90 Å². The van der Waals surface area contributed by atoms with E-state index < -0.39 is 0 Å². The van der Waals surface area contributed by atoms with E-state index in [1.807, 2.05) is 42.5 Å². The first-order valence-electron chi connectivity index (χ1n) is 6.30. The predicted octanol–water partition coefficient (Wildman–Crippen LogP) is 3.60. The van der Waals surface area contributed by atoms with Crippen LogP contribution in [0, 0.1) is 0 Å². The van der Waals surface area contributed by atoms with E-state index in [0.717, 1.165) is 29.0 Å². The van der Waals surface area contributed by atoms with Gasteiger partial charge in [-0.25, -0.2) is 0 Å². The van der Waals surface area contributed by atoms with E-state index in [1.54, 1.807) is 0 Å². The highest BCUT2D eigenvalue weighted by atomic mass is 35.5. The van der Waals surface area contributed by atoms with Gasteiger partial charge in [0.15, 0.2) is 0 Å². The van der Waals surface area contributed by atoms with Crippen molar-refractivity contribution in [1.29, 1.82) is 0 Å². The Morgan fingerprint density at radius 3 is 2.68 bits per heavy atom. The molecule has 0 saturated carbocycles. The Bertz CT molecular complexity index is 611. The number of hydrogen-bond acceptors (Lipinski definition) is 2. The number of aldehydes is 1. The van der Waals surface area contributed by atoms with Crippen LogP contribution in [0.1, 0.15) is 22.7 Å². The molecule has 0 aromatic heterocycles. The van der Waals surface area contributed by atoms with Gasteiger partial charge in [-0.05, 0) is 22.8 Å². The van der Waals surface area contributed by atoms with Gasteiger partial charge in [0, 0.05) is 18.1 Å². The molecule has 1 aliphatic heterocycles. The number of carbonyl (C=O) groups is 1. The van der Waals surface area contributed by atoms with E-state index in [-0.39, 0.29) is 6.04 Å². The van der Waals surface area contributed by atoms with Crippen molar-refractivity contribution in [2.45, 2.75) is 19.1 Å². The van der Waals surface area contributed by atoms with E-state index in [1.165, 1.54) is 5.56 Å². The first kappa shape index (κ1) is 12.4. The molecule has 0 radical (unpaired) electrons. The van der Waals surface area contributed by atoms with Gasteiger partial charge in [0.25, 0.3) is 0 Å². The molecule has 0 amide bonds. The van der Waals surface area contributed by atoms with Crippen molar-refractivity contribution in [2.24, 2.45) is 0 Å². The zero-order valence-corrected chi connectivity index (χ0v) is 11.2. The van der Waals surface area contributed by atoms with Crippen LogP contribution < -0.4 is 0 Å². The van der Waals surface area contributed by atoms with Crippen molar-refractivity contribution in [3.8, 4) is 0 Å². The molecule has 0 bridgehead atoms. The van der Waals surface area contributed by atoms with Gasteiger partial charge in [-0.15, -0.1) is 0 Å². The summed E-state index contributed by atoms with van der Waals surface area (Å²) in [5.41, 5.74) is 3.40. The normalized spacial score (nSPS) is 18.3. The fraction of sp³-hybridized carbons (Fsp3) is 0.188. The van der Waals surface area contributed by atoms with E-state index in [2.05, 4.69) is 11.0 Å². The minimum atomic E-state index is -0.160.